The Labute approximate surface area is 223 Å². The molecule has 0 amide bonds. The topological polar surface area (TPSA) is 69.7 Å². The van der Waals surface area contributed by atoms with Crippen LogP contribution in [0, 0.1) is 5.82 Å². The van der Waals surface area contributed by atoms with Gasteiger partial charge in [-0.15, -0.1) is 0 Å². The quantitative estimate of drug-likeness (QED) is 0.529. The first-order valence-corrected chi connectivity index (χ1v) is 14.0. The number of piperazine rings is 1. The van der Waals surface area contributed by atoms with Crippen LogP contribution in [0.2, 0.25) is 0 Å². The molecule has 4 aliphatic rings. The molecule has 9 heteroatoms. The van der Waals surface area contributed by atoms with Crippen LogP contribution >= 0.6 is 0 Å². The lowest BCUT2D eigenvalue weighted by molar-refractivity contribution is 0.108. The fourth-order valence-electron chi connectivity index (χ4n) is 7.21. The number of para-hydroxylation sites is 1. The highest BCUT2D eigenvalue weighted by atomic mass is 19.1. The molecule has 1 N–H and O–H groups in total. The van der Waals surface area contributed by atoms with E-state index in [1.807, 2.05) is 43.3 Å². The van der Waals surface area contributed by atoms with E-state index in [9.17, 15) is 0 Å². The van der Waals surface area contributed by atoms with Gasteiger partial charge in [0.1, 0.15) is 23.6 Å². The van der Waals surface area contributed by atoms with Gasteiger partial charge in [-0.1, -0.05) is 18.2 Å². The highest BCUT2D eigenvalue weighted by molar-refractivity contribution is 5.93. The van der Waals surface area contributed by atoms with Crippen LogP contribution in [0.3, 0.4) is 0 Å². The summed E-state index contributed by atoms with van der Waals surface area (Å²) < 4.78 is 22.7. The number of hydrogen-bond acceptors (Lipinski definition) is 8. The van der Waals surface area contributed by atoms with Crippen molar-refractivity contribution in [1.29, 1.82) is 0 Å². The average Bonchev–Trinajstić information content (AvgIpc) is 3.61. The predicted octanol–water partition coefficient (Wildman–Crippen LogP) is 3.84. The Morgan fingerprint density at radius 1 is 1.08 bits per heavy atom. The van der Waals surface area contributed by atoms with Gasteiger partial charge < -0.3 is 19.9 Å². The lowest BCUT2D eigenvalue weighted by atomic mass is 9.95. The maximum atomic E-state index is 16.4. The second-order valence-electron chi connectivity index (χ2n) is 11.7. The third-order valence-electron chi connectivity index (χ3n) is 9.08. The number of hydrogen-bond donors (Lipinski definition) is 1. The Balaban J connectivity index is 1.32. The van der Waals surface area contributed by atoms with Crippen molar-refractivity contribution < 1.29 is 9.13 Å². The fraction of sp³-hybridized carbons (Fsp3) is 0.552. The van der Waals surface area contributed by atoms with Gasteiger partial charge in [-0.25, -0.2) is 4.39 Å². The molecule has 4 saturated heterocycles. The van der Waals surface area contributed by atoms with Crippen LogP contribution in [0.5, 0.6) is 6.01 Å². The van der Waals surface area contributed by atoms with Crippen LogP contribution in [-0.2, 0) is 0 Å². The van der Waals surface area contributed by atoms with Crippen LogP contribution in [0.25, 0.3) is 22.2 Å². The number of ether oxygens (including phenoxy) is 1. The van der Waals surface area contributed by atoms with Gasteiger partial charge in [-0.2, -0.15) is 9.97 Å². The number of rotatable bonds is 6. The van der Waals surface area contributed by atoms with Crippen LogP contribution < -0.4 is 19.9 Å². The van der Waals surface area contributed by atoms with E-state index in [2.05, 4.69) is 20.1 Å². The van der Waals surface area contributed by atoms with E-state index in [0.29, 0.717) is 29.8 Å². The normalized spacial score (nSPS) is 24.2. The van der Waals surface area contributed by atoms with Gasteiger partial charge in [0.25, 0.3) is 0 Å². The third-order valence-corrected chi connectivity index (χ3v) is 9.08. The van der Waals surface area contributed by atoms with Crippen molar-refractivity contribution in [3.63, 3.8) is 0 Å². The second-order valence-corrected chi connectivity index (χ2v) is 11.7. The molecule has 38 heavy (non-hydrogen) atoms. The summed E-state index contributed by atoms with van der Waals surface area (Å²) in [5.74, 6) is 0.305. The summed E-state index contributed by atoms with van der Waals surface area (Å²) in [6.07, 6.45) is 8.74. The fourth-order valence-corrected chi connectivity index (χ4v) is 7.21. The molecule has 4 fully saturated rings. The van der Waals surface area contributed by atoms with Gasteiger partial charge in [0.05, 0.1) is 10.9 Å². The molecule has 200 valence electrons. The molecule has 0 saturated carbocycles. The van der Waals surface area contributed by atoms with Crippen molar-refractivity contribution >= 4 is 22.4 Å². The Kier molecular flexibility index (Phi) is 5.89. The van der Waals surface area contributed by atoms with Gasteiger partial charge in [-0.3, -0.25) is 9.88 Å². The zero-order chi connectivity index (χ0) is 25.9. The molecular formula is C29H36FN7O. The van der Waals surface area contributed by atoms with E-state index in [-0.39, 0.29) is 17.1 Å². The van der Waals surface area contributed by atoms with Crippen LogP contribution in [0.1, 0.15) is 38.5 Å². The van der Waals surface area contributed by atoms with Crippen molar-refractivity contribution in [3.05, 3.63) is 36.3 Å². The summed E-state index contributed by atoms with van der Waals surface area (Å²) in [7, 11) is 3.91. The smallest absolute Gasteiger partial charge is 0.319 e. The van der Waals surface area contributed by atoms with Gasteiger partial charge in [0.2, 0.25) is 0 Å². The van der Waals surface area contributed by atoms with E-state index in [1.165, 1.54) is 12.8 Å². The first-order valence-electron chi connectivity index (χ1n) is 14.0. The number of halogens is 1. The second kappa shape index (κ2) is 9.31. The van der Waals surface area contributed by atoms with Crippen molar-refractivity contribution in [2.75, 3.05) is 56.7 Å². The molecule has 0 radical (unpaired) electrons. The lowest BCUT2D eigenvalue weighted by Crippen LogP contribution is -2.51. The molecule has 2 unspecified atom stereocenters. The van der Waals surface area contributed by atoms with Crippen LogP contribution in [0.4, 0.5) is 15.9 Å². The van der Waals surface area contributed by atoms with Crippen LogP contribution in [-0.4, -0.2) is 84.4 Å². The van der Waals surface area contributed by atoms with E-state index >= 15 is 4.39 Å². The highest BCUT2D eigenvalue weighted by Gasteiger charge is 2.45. The standard InChI is InChI=1S/C29H36FN7O/c1-35(2)23-8-4-3-7-21(23)25-24(30)26-22(15-31-25)27(36-16-19-9-10-20(17-36)32-19)34-28(33-26)38-18-29-11-5-13-37(29)14-6-12-29/h3-4,7-8,15,19-20,32H,5-6,9-14,16-18H2,1-2H3. The zero-order valence-electron chi connectivity index (χ0n) is 22.3. The van der Waals surface area contributed by atoms with E-state index in [1.54, 1.807) is 6.20 Å². The summed E-state index contributed by atoms with van der Waals surface area (Å²) in [5.41, 5.74) is 2.30. The average molecular weight is 518 g/mol. The van der Waals surface area contributed by atoms with Crippen molar-refractivity contribution in [2.24, 2.45) is 0 Å². The summed E-state index contributed by atoms with van der Waals surface area (Å²) in [6, 6.07) is 8.88. The number of aromatic nitrogens is 3. The molecule has 2 bridgehead atoms. The maximum absolute atomic E-state index is 16.4. The number of nitrogens with zero attached hydrogens (tertiary/aromatic N) is 6. The summed E-state index contributed by atoms with van der Waals surface area (Å²) in [4.78, 5) is 21.1. The minimum atomic E-state index is -0.426. The number of benzene rings is 1. The minimum absolute atomic E-state index is 0.0687. The number of nitrogens with one attached hydrogen (secondary N) is 1. The molecule has 2 atom stereocenters. The highest BCUT2D eigenvalue weighted by Crippen LogP contribution is 2.40. The van der Waals surface area contributed by atoms with Gasteiger partial charge in [-0.05, 0) is 57.7 Å². The van der Waals surface area contributed by atoms with Gasteiger partial charge in [0.15, 0.2) is 5.82 Å². The molecule has 1 aromatic carbocycles. The molecule has 0 spiro atoms. The summed E-state index contributed by atoms with van der Waals surface area (Å²) in [5, 5.41) is 4.32. The Morgan fingerprint density at radius 3 is 2.55 bits per heavy atom. The molecule has 0 aliphatic carbocycles. The predicted molar refractivity (Wildman–Crippen MR) is 147 cm³/mol. The molecule has 2 aromatic heterocycles. The van der Waals surface area contributed by atoms with Gasteiger partial charge in [0, 0.05) is 56.7 Å². The Bertz CT molecular complexity index is 1340. The largest absolute Gasteiger partial charge is 0.461 e. The monoisotopic (exact) mass is 517 g/mol. The molecule has 4 aliphatic heterocycles. The van der Waals surface area contributed by atoms with Crippen LogP contribution in [0.15, 0.2) is 30.5 Å². The minimum Gasteiger partial charge on any atom is -0.461 e. The molecular weight excluding hydrogens is 481 g/mol. The maximum Gasteiger partial charge on any atom is 0.319 e. The van der Waals surface area contributed by atoms with E-state index < -0.39 is 5.82 Å². The first-order chi connectivity index (χ1) is 18.5. The molecule has 6 heterocycles. The van der Waals surface area contributed by atoms with Gasteiger partial charge >= 0.3 is 6.01 Å². The Morgan fingerprint density at radius 2 is 1.82 bits per heavy atom. The molecule has 7 rings (SSSR count). The number of anilines is 2. The molecule has 3 aromatic rings. The Hall–Kier alpha value is -3.04. The summed E-state index contributed by atoms with van der Waals surface area (Å²) in [6.45, 7) is 4.49. The number of fused-ring (bicyclic) bond motifs is 4. The van der Waals surface area contributed by atoms with E-state index in [0.717, 1.165) is 68.9 Å². The van der Waals surface area contributed by atoms with Crippen molar-refractivity contribution in [2.45, 2.75) is 56.1 Å². The van der Waals surface area contributed by atoms with E-state index in [4.69, 9.17) is 14.7 Å². The van der Waals surface area contributed by atoms with Crippen molar-refractivity contribution in [1.82, 2.24) is 25.2 Å². The third kappa shape index (κ3) is 3.98. The van der Waals surface area contributed by atoms with Crippen molar-refractivity contribution in [3.8, 4) is 17.3 Å². The zero-order valence-corrected chi connectivity index (χ0v) is 22.3. The number of pyridine rings is 1. The SMILES string of the molecule is CN(C)c1ccccc1-c1ncc2c(N3CC4CCC(C3)N4)nc(OCC34CCCN3CCC4)nc2c1F. The first kappa shape index (κ1) is 24.0. The lowest BCUT2D eigenvalue weighted by Gasteiger charge is -2.34. The molecule has 8 nitrogen and oxygen atoms in total. The summed E-state index contributed by atoms with van der Waals surface area (Å²) >= 11 is 0.